The van der Waals surface area contributed by atoms with E-state index >= 15 is 0 Å². The first-order valence-corrected chi connectivity index (χ1v) is 4.51. The molecule has 1 aliphatic carbocycles. The van der Waals surface area contributed by atoms with Gasteiger partial charge in [-0.3, -0.25) is 0 Å². The van der Waals surface area contributed by atoms with Gasteiger partial charge in [-0.15, -0.1) is 0 Å². The van der Waals surface area contributed by atoms with E-state index in [-0.39, 0.29) is 0 Å². The van der Waals surface area contributed by atoms with Gasteiger partial charge in [-0.2, -0.15) is 0 Å². The van der Waals surface area contributed by atoms with Gasteiger partial charge in [0.25, 0.3) is 0 Å². The number of aromatic nitrogens is 2. The Labute approximate surface area is 81.3 Å². The average molecular weight is 196 g/mol. The van der Waals surface area contributed by atoms with Crippen molar-refractivity contribution in [2.24, 2.45) is 0 Å². The minimum absolute atomic E-state index is 0.395. The summed E-state index contributed by atoms with van der Waals surface area (Å²) < 4.78 is 6.30. The van der Waals surface area contributed by atoms with Crippen molar-refractivity contribution in [1.82, 2.24) is 9.55 Å². The van der Waals surface area contributed by atoms with Crippen molar-refractivity contribution in [3.63, 3.8) is 0 Å². The van der Waals surface area contributed by atoms with Crippen LogP contribution in [-0.4, -0.2) is 27.7 Å². The highest BCUT2D eigenvalue weighted by atomic mass is 16.5. The molecule has 1 aliphatic rings. The molecule has 1 aromatic rings. The molecule has 0 aliphatic heterocycles. The Hall–Kier alpha value is -1.36. The summed E-state index contributed by atoms with van der Waals surface area (Å²) in [6, 6.07) is 0.395. The summed E-state index contributed by atoms with van der Waals surface area (Å²) in [4.78, 5) is 15.0. The van der Waals surface area contributed by atoms with Crippen LogP contribution in [0.1, 0.15) is 30.7 Å². The molecule has 0 radical (unpaired) electrons. The van der Waals surface area contributed by atoms with E-state index in [9.17, 15) is 9.90 Å². The van der Waals surface area contributed by atoms with Crippen LogP contribution in [0.3, 0.4) is 0 Å². The summed E-state index contributed by atoms with van der Waals surface area (Å²) in [7, 11) is 1.25. The second-order valence-corrected chi connectivity index (χ2v) is 3.38. The van der Waals surface area contributed by atoms with Crippen LogP contribution in [0.2, 0.25) is 0 Å². The molecule has 0 amide bonds. The highest BCUT2D eigenvalue weighted by Gasteiger charge is 2.30. The van der Waals surface area contributed by atoms with E-state index in [0.29, 0.717) is 11.7 Å². The number of carbonyl (C=O) groups excluding carboxylic acids is 1. The van der Waals surface area contributed by atoms with Crippen molar-refractivity contribution >= 4 is 5.97 Å². The van der Waals surface area contributed by atoms with Gasteiger partial charge in [-0.25, -0.2) is 9.78 Å². The van der Waals surface area contributed by atoms with Crippen molar-refractivity contribution in [2.45, 2.75) is 25.0 Å². The van der Waals surface area contributed by atoms with Crippen LogP contribution in [0.4, 0.5) is 0 Å². The van der Waals surface area contributed by atoms with Crippen LogP contribution in [-0.2, 0) is 9.53 Å². The summed E-state index contributed by atoms with van der Waals surface area (Å²) in [5, 5.41) is 9.60. The van der Waals surface area contributed by atoms with Gasteiger partial charge in [0.2, 0.25) is 0 Å². The zero-order valence-corrected chi connectivity index (χ0v) is 7.88. The maximum atomic E-state index is 11.1. The first kappa shape index (κ1) is 9.21. The third-order valence-electron chi connectivity index (χ3n) is 2.34. The van der Waals surface area contributed by atoms with Gasteiger partial charge in [0.1, 0.15) is 0 Å². The topological polar surface area (TPSA) is 64.3 Å². The minimum atomic E-state index is -1.22. The summed E-state index contributed by atoms with van der Waals surface area (Å²) in [5.41, 5.74) is 0.513. The van der Waals surface area contributed by atoms with E-state index in [4.69, 9.17) is 0 Å². The maximum Gasteiger partial charge on any atom is 0.341 e. The SMILES string of the molecule is COC(=O)C(O)c1cncn1C1CC1. The molecular weight excluding hydrogens is 184 g/mol. The summed E-state index contributed by atoms with van der Waals surface area (Å²) in [6.07, 6.45) is 4.08. The van der Waals surface area contributed by atoms with Gasteiger partial charge in [0.15, 0.2) is 6.10 Å². The van der Waals surface area contributed by atoms with E-state index in [1.807, 2.05) is 4.57 Å². The molecule has 0 aromatic carbocycles. The molecule has 0 bridgehead atoms. The van der Waals surface area contributed by atoms with Crippen LogP contribution in [0.15, 0.2) is 12.5 Å². The van der Waals surface area contributed by atoms with Gasteiger partial charge in [0, 0.05) is 6.04 Å². The third kappa shape index (κ3) is 1.50. The zero-order chi connectivity index (χ0) is 10.1. The molecule has 1 aromatic heterocycles. The lowest BCUT2D eigenvalue weighted by Gasteiger charge is -2.10. The van der Waals surface area contributed by atoms with Crippen LogP contribution < -0.4 is 0 Å². The maximum absolute atomic E-state index is 11.1. The number of ether oxygens (including phenoxy) is 1. The molecular formula is C9H12N2O3. The van der Waals surface area contributed by atoms with Crippen LogP contribution in [0, 0.1) is 0 Å². The Morgan fingerprint density at radius 3 is 3.07 bits per heavy atom. The number of esters is 1. The Kier molecular flexibility index (Phi) is 2.25. The molecule has 0 spiro atoms. The van der Waals surface area contributed by atoms with Crippen molar-refractivity contribution in [3.8, 4) is 0 Å². The van der Waals surface area contributed by atoms with Crippen LogP contribution in [0.5, 0.6) is 0 Å². The number of hydrogen-bond acceptors (Lipinski definition) is 4. The molecule has 1 saturated carbocycles. The Morgan fingerprint density at radius 2 is 2.50 bits per heavy atom. The quantitative estimate of drug-likeness (QED) is 0.712. The standard InChI is InChI=1S/C9H12N2O3/c1-14-9(13)8(12)7-4-10-5-11(7)6-2-3-6/h4-6,8,12H,2-3H2,1H3. The average Bonchev–Trinajstić information content (AvgIpc) is 2.94. The fraction of sp³-hybridized carbons (Fsp3) is 0.556. The molecule has 1 unspecified atom stereocenters. The van der Waals surface area contributed by atoms with E-state index < -0.39 is 12.1 Å². The number of hydrogen-bond donors (Lipinski definition) is 1. The number of aliphatic hydroxyl groups is 1. The summed E-state index contributed by atoms with van der Waals surface area (Å²) >= 11 is 0. The number of carbonyl (C=O) groups is 1. The lowest BCUT2D eigenvalue weighted by atomic mass is 10.2. The molecule has 5 nitrogen and oxygen atoms in total. The van der Waals surface area contributed by atoms with Gasteiger partial charge < -0.3 is 14.4 Å². The molecule has 1 atom stereocenters. The third-order valence-corrected chi connectivity index (χ3v) is 2.34. The van der Waals surface area contributed by atoms with E-state index in [1.54, 1.807) is 6.33 Å². The highest BCUT2D eigenvalue weighted by molar-refractivity contribution is 5.75. The molecule has 76 valence electrons. The molecule has 5 heteroatoms. The highest BCUT2D eigenvalue weighted by Crippen LogP contribution is 2.36. The monoisotopic (exact) mass is 196 g/mol. The largest absolute Gasteiger partial charge is 0.467 e. The van der Waals surface area contributed by atoms with Crippen LogP contribution >= 0.6 is 0 Å². The first-order valence-electron chi connectivity index (χ1n) is 4.51. The van der Waals surface area contributed by atoms with Crippen molar-refractivity contribution in [2.75, 3.05) is 7.11 Å². The lowest BCUT2D eigenvalue weighted by Crippen LogP contribution is -2.16. The first-order chi connectivity index (χ1) is 6.74. The normalized spacial score (nSPS) is 17.9. The molecule has 2 rings (SSSR count). The Bertz CT molecular complexity index is 344. The van der Waals surface area contributed by atoms with Crippen LogP contribution in [0.25, 0.3) is 0 Å². The van der Waals surface area contributed by atoms with E-state index in [2.05, 4.69) is 9.72 Å². The molecule has 1 fully saturated rings. The molecule has 1 N–H and O–H groups in total. The second-order valence-electron chi connectivity index (χ2n) is 3.38. The fourth-order valence-corrected chi connectivity index (χ4v) is 1.42. The zero-order valence-electron chi connectivity index (χ0n) is 7.88. The predicted molar refractivity (Wildman–Crippen MR) is 47.5 cm³/mol. The second kappa shape index (κ2) is 3.42. The molecule has 1 heterocycles. The number of aliphatic hydroxyl groups excluding tert-OH is 1. The number of rotatable bonds is 3. The summed E-state index contributed by atoms with van der Waals surface area (Å²) in [5.74, 6) is -0.646. The smallest absolute Gasteiger partial charge is 0.341 e. The fourth-order valence-electron chi connectivity index (χ4n) is 1.42. The van der Waals surface area contributed by atoms with Gasteiger partial charge in [-0.05, 0) is 12.8 Å². The molecule has 0 saturated heterocycles. The number of imidazole rings is 1. The Morgan fingerprint density at radius 1 is 1.79 bits per heavy atom. The Balaban J connectivity index is 2.21. The number of methoxy groups -OCH3 is 1. The van der Waals surface area contributed by atoms with Crippen molar-refractivity contribution < 1.29 is 14.6 Å². The minimum Gasteiger partial charge on any atom is -0.467 e. The van der Waals surface area contributed by atoms with Gasteiger partial charge >= 0.3 is 5.97 Å². The van der Waals surface area contributed by atoms with E-state index in [1.165, 1.54) is 13.3 Å². The molecule has 14 heavy (non-hydrogen) atoms. The van der Waals surface area contributed by atoms with Crippen molar-refractivity contribution in [1.29, 1.82) is 0 Å². The lowest BCUT2D eigenvalue weighted by molar-refractivity contribution is -0.151. The van der Waals surface area contributed by atoms with Gasteiger partial charge in [-0.1, -0.05) is 0 Å². The van der Waals surface area contributed by atoms with Gasteiger partial charge in [0.05, 0.1) is 25.3 Å². The summed E-state index contributed by atoms with van der Waals surface area (Å²) in [6.45, 7) is 0. The van der Waals surface area contributed by atoms with E-state index in [0.717, 1.165) is 12.8 Å². The number of nitrogens with zero attached hydrogens (tertiary/aromatic N) is 2. The predicted octanol–water partition coefficient (Wildman–Crippen LogP) is 0.424. The van der Waals surface area contributed by atoms with Crippen molar-refractivity contribution in [3.05, 3.63) is 18.2 Å².